The lowest BCUT2D eigenvalue weighted by Crippen LogP contribution is -2.17. The lowest BCUT2D eigenvalue weighted by atomic mass is 10.1. The molecule has 138 valence electrons. The van der Waals surface area contributed by atoms with Crippen molar-refractivity contribution in [1.29, 1.82) is 0 Å². The van der Waals surface area contributed by atoms with E-state index >= 15 is 0 Å². The van der Waals surface area contributed by atoms with E-state index in [9.17, 15) is 0 Å². The third kappa shape index (κ3) is 3.78. The van der Waals surface area contributed by atoms with Crippen LogP contribution in [0.3, 0.4) is 0 Å². The molecule has 1 aromatic heterocycles. The third-order valence-electron chi connectivity index (χ3n) is 4.68. The van der Waals surface area contributed by atoms with Gasteiger partial charge in [-0.05, 0) is 61.9 Å². The second-order valence-electron chi connectivity index (χ2n) is 6.24. The molecule has 0 fully saturated rings. The van der Waals surface area contributed by atoms with Crippen LogP contribution in [-0.4, -0.2) is 32.9 Å². The molecule has 26 heavy (non-hydrogen) atoms. The molecule has 2 N–H and O–H groups in total. The predicted octanol–water partition coefficient (Wildman–Crippen LogP) is 3.83. The Labute approximate surface area is 154 Å². The Morgan fingerprint density at radius 3 is 2.38 bits per heavy atom. The summed E-state index contributed by atoms with van der Waals surface area (Å²) >= 11 is 0. The normalized spacial score (nSPS) is 10.9. The molecular formula is C21H26N2O3. The molecule has 0 saturated carbocycles. The zero-order chi connectivity index (χ0) is 18.5. The number of ether oxygens (including phenoxy) is 3. The largest absolute Gasteiger partial charge is 0.497 e. The van der Waals surface area contributed by atoms with Crippen LogP contribution >= 0.6 is 0 Å². The van der Waals surface area contributed by atoms with Gasteiger partial charge in [0.1, 0.15) is 17.2 Å². The monoisotopic (exact) mass is 354 g/mol. The second kappa shape index (κ2) is 8.15. The number of methoxy groups -OCH3 is 3. The molecule has 0 bridgehead atoms. The number of aryl methyl sites for hydroxylation is 1. The van der Waals surface area contributed by atoms with Crippen molar-refractivity contribution in [2.24, 2.45) is 0 Å². The molecular weight excluding hydrogens is 328 g/mol. The van der Waals surface area contributed by atoms with Gasteiger partial charge in [0.2, 0.25) is 0 Å². The number of fused-ring (bicyclic) bond motifs is 1. The number of nitrogens with one attached hydrogen (secondary N) is 2. The molecule has 0 aliphatic rings. The van der Waals surface area contributed by atoms with Gasteiger partial charge in [0, 0.05) is 28.7 Å². The van der Waals surface area contributed by atoms with Crippen LogP contribution in [0.25, 0.3) is 10.9 Å². The fourth-order valence-corrected chi connectivity index (χ4v) is 3.27. The summed E-state index contributed by atoms with van der Waals surface area (Å²) < 4.78 is 16.1. The summed E-state index contributed by atoms with van der Waals surface area (Å²) in [4.78, 5) is 3.45. The molecule has 0 spiro atoms. The number of rotatable bonds is 8. The van der Waals surface area contributed by atoms with E-state index in [-0.39, 0.29) is 0 Å². The van der Waals surface area contributed by atoms with Gasteiger partial charge in [-0.1, -0.05) is 0 Å². The molecule has 0 amide bonds. The van der Waals surface area contributed by atoms with Crippen molar-refractivity contribution in [1.82, 2.24) is 10.3 Å². The summed E-state index contributed by atoms with van der Waals surface area (Å²) in [6.45, 7) is 3.71. The number of H-pyrrole nitrogens is 1. The molecule has 2 aromatic carbocycles. The van der Waals surface area contributed by atoms with Gasteiger partial charge >= 0.3 is 0 Å². The molecule has 0 aliphatic heterocycles. The van der Waals surface area contributed by atoms with Crippen LogP contribution in [0, 0.1) is 6.92 Å². The molecule has 3 aromatic rings. The maximum atomic E-state index is 5.44. The molecule has 0 radical (unpaired) electrons. The Bertz CT molecular complexity index is 886. The molecule has 0 saturated heterocycles. The van der Waals surface area contributed by atoms with Crippen molar-refractivity contribution in [3.05, 3.63) is 53.2 Å². The zero-order valence-corrected chi connectivity index (χ0v) is 15.8. The van der Waals surface area contributed by atoms with E-state index in [1.807, 2.05) is 24.3 Å². The second-order valence-corrected chi connectivity index (χ2v) is 6.24. The van der Waals surface area contributed by atoms with Crippen LogP contribution < -0.4 is 19.5 Å². The number of aromatic nitrogens is 1. The zero-order valence-electron chi connectivity index (χ0n) is 15.8. The van der Waals surface area contributed by atoms with Gasteiger partial charge in [0.15, 0.2) is 0 Å². The minimum atomic E-state index is 0.727. The first-order valence-electron chi connectivity index (χ1n) is 8.73. The fourth-order valence-electron chi connectivity index (χ4n) is 3.27. The van der Waals surface area contributed by atoms with Crippen LogP contribution in [0.2, 0.25) is 0 Å². The van der Waals surface area contributed by atoms with Crippen molar-refractivity contribution in [2.45, 2.75) is 19.9 Å². The fraction of sp³-hybridized carbons (Fsp3) is 0.333. The standard InChI is InChI=1S/C21H26N2O3/c1-14-18(19-12-17(25-3)5-7-20(19)23-14)9-10-22-13-15-11-16(24-2)6-8-21(15)26-4/h5-8,11-12,22-23H,9-10,13H2,1-4H3. The lowest BCUT2D eigenvalue weighted by molar-refractivity contribution is 0.397. The minimum absolute atomic E-state index is 0.727. The van der Waals surface area contributed by atoms with Crippen molar-refractivity contribution >= 4 is 10.9 Å². The van der Waals surface area contributed by atoms with Crippen LogP contribution in [0.15, 0.2) is 36.4 Å². The van der Waals surface area contributed by atoms with Gasteiger partial charge < -0.3 is 24.5 Å². The van der Waals surface area contributed by atoms with Crippen LogP contribution in [-0.2, 0) is 13.0 Å². The van der Waals surface area contributed by atoms with Gasteiger partial charge in [-0.15, -0.1) is 0 Å². The van der Waals surface area contributed by atoms with E-state index in [0.29, 0.717) is 0 Å². The van der Waals surface area contributed by atoms with E-state index in [0.717, 1.165) is 47.8 Å². The van der Waals surface area contributed by atoms with Crippen LogP contribution in [0.5, 0.6) is 17.2 Å². The third-order valence-corrected chi connectivity index (χ3v) is 4.68. The first-order valence-corrected chi connectivity index (χ1v) is 8.73. The highest BCUT2D eigenvalue weighted by molar-refractivity contribution is 5.86. The van der Waals surface area contributed by atoms with Crippen molar-refractivity contribution in [3.8, 4) is 17.2 Å². The van der Waals surface area contributed by atoms with E-state index < -0.39 is 0 Å². The topological polar surface area (TPSA) is 55.5 Å². The molecule has 5 heteroatoms. The van der Waals surface area contributed by atoms with E-state index in [4.69, 9.17) is 14.2 Å². The number of hydrogen-bond acceptors (Lipinski definition) is 4. The Balaban J connectivity index is 1.67. The van der Waals surface area contributed by atoms with Crippen molar-refractivity contribution < 1.29 is 14.2 Å². The minimum Gasteiger partial charge on any atom is -0.497 e. The summed E-state index contributed by atoms with van der Waals surface area (Å²) in [6, 6.07) is 12.0. The molecule has 3 rings (SSSR count). The van der Waals surface area contributed by atoms with E-state index in [1.54, 1.807) is 21.3 Å². The van der Waals surface area contributed by atoms with Gasteiger partial charge in [-0.25, -0.2) is 0 Å². The maximum absolute atomic E-state index is 5.44. The average Bonchev–Trinajstić information content (AvgIpc) is 2.99. The first kappa shape index (κ1) is 18.1. The number of benzene rings is 2. The lowest BCUT2D eigenvalue weighted by Gasteiger charge is -2.11. The SMILES string of the molecule is COc1ccc(OC)c(CNCCc2c(C)[nH]c3ccc(OC)cc23)c1. The smallest absolute Gasteiger partial charge is 0.123 e. The van der Waals surface area contributed by atoms with Crippen LogP contribution in [0.4, 0.5) is 0 Å². The average molecular weight is 354 g/mol. The van der Waals surface area contributed by atoms with E-state index in [2.05, 4.69) is 29.4 Å². The summed E-state index contributed by atoms with van der Waals surface area (Å²) in [5.41, 5.74) is 4.76. The number of hydrogen-bond donors (Lipinski definition) is 2. The highest BCUT2D eigenvalue weighted by atomic mass is 16.5. The highest BCUT2D eigenvalue weighted by Gasteiger charge is 2.10. The molecule has 0 unspecified atom stereocenters. The molecule has 5 nitrogen and oxygen atoms in total. The van der Waals surface area contributed by atoms with Crippen molar-refractivity contribution in [2.75, 3.05) is 27.9 Å². The van der Waals surface area contributed by atoms with Gasteiger partial charge in [0.05, 0.1) is 21.3 Å². The summed E-state index contributed by atoms with van der Waals surface area (Å²) in [5.74, 6) is 2.58. The number of aromatic amines is 1. The van der Waals surface area contributed by atoms with Crippen LogP contribution in [0.1, 0.15) is 16.8 Å². The summed E-state index contributed by atoms with van der Waals surface area (Å²) in [5, 5.41) is 4.73. The van der Waals surface area contributed by atoms with Crippen molar-refractivity contribution in [3.63, 3.8) is 0 Å². The summed E-state index contributed by atoms with van der Waals surface area (Å²) in [6.07, 6.45) is 0.936. The molecule has 1 heterocycles. The Kier molecular flexibility index (Phi) is 5.68. The van der Waals surface area contributed by atoms with E-state index in [1.165, 1.54) is 16.6 Å². The van der Waals surface area contributed by atoms with Gasteiger partial charge in [-0.3, -0.25) is 0 Å². The Hall–Kier alpha value is -2.66. The Morgan fingerprint density at radius 1 is 0.923 bits per heavy atom. The first-order chi connectivity index (χ1) is 12.7. The summed E-state index contributed by atoms with van der Waals surface area (Å²) in [7, 11) is 5.06. The highest BCUT2D eigenvalue weighted by Crippen LogP contribution is 2.27. The predicted molar refractivity (Wildman–Crippen MR) is 105 cm³/mol. The maximum Gasteiger partial charge on any atom is 0.123 e. The molecule has 0 aliphatic carbocycles. The van der Waals surface area contributed by atoms with Gasteiger partial charge in [0.25, 0.3) is 0 Å². The van der Waals surface area contributed by atoms with Gasteiger partial charge in [-0.2, -0.15) is 0 Å². The Morgan fingerprint density at radius 2 is 1.65 bits per heavy atom. The quantitative estimate of drug-likeness (QED) is 0.604. The molecule has 0 atom stereocenters.